The van der Waals surface area contributed by atoms with Gasteiger partial charge < -0.3 is 0 Å². The van der Waals surface area contributed by atoms with Gasteiger partial charge in [0.05, 0.1) is 0 Å². The third-order valence-electron chi connectivity index (χ3n) is 9.40. The fourth-order valence-corrected chi connectivity index (χ4v) is 7.37. The van der Waals surface area contributed by atoms with Gasteiger partial charge in [-0.2, -0.15) is 0 Å². The van der Waals surface area contributed by atoms with Crippen molar-refractivity contribution in [1.82, 2.24) is 0 Å². The van der Waals surface area contributed by atoms with E-state index in [0.717, 1.165) is 0 Å². The van der Waals surface area contributed by atoms with E-state index in [-0.39, 0.29) is 0 Å². The molecule has 0 saturated carbocycles. The van der Waals surface area contributed by atoms with E-state index in [4.69, 9.17) is 0 Å². The lowest BCUT2D eigenvalue weighted by Crippen LogP contribution is -1.92. The zero-order chi connectivity index (χ0) is 30.5. The highest BCUT2D eigenvalue weighted by Gasteiger charge is 2.18. The molecule has 9 rings (SSSR count). The van der Waals surface area contributed by atoms with Crippen molar-refractivity contribution in [2.45, 2.75) is 0 Å². The van der Waals surface area contributed by atoms with Gasteiger partial charge in [-0.15, -0.1) is 0 Å². The minimum Gasteiger partial charge on any atom is -0.0622 e. The molecule has 0 spiro atoms. The molecule has 46 heavy (non-hydrogen) atoms. The summed E-state index contributed by atoms with van der Waals surface area (Å²) in [6, 6.07) is 66.6. The first-order valence-electron chi connectivity index (χ1n) is 15.9. The minimum atomic E-state index is 1.21. The zero-order valence-corrected chi connectivity index (χ0v) is 25.3. The van der Waals surface area contributed by atoms with Crippen LogP contribution < -0.4 is 0 Å². The van der Waals surface area contributed by atoms with Crippen LogP contribution in [-0.2, 0) is 0 Å². The van der Waals surface area contributed by atoms with Gasteiger partial charge in [0, 0.05) is 0 Å². The normalized spacial score (nSPS) is 11.5. The molecule has 0 aromatic heterocycles. The first kappa shape index (κ1) is 26.4. The molecule has 0 amide bonds. The van der Waals surface area contributed by atoms with E-state index < -0.39 is 0 Å². The summed E-state index contributed by atoms with van der Waals surface area (Å²) < 4.78 is 0. The van der Waals surface area contributed by atoms with Crippen molar-refractivity contribution in [1.29, 1.82) is 0 Å². The minimum absolute atomic E-state index is 1.21. The molecule has 0 radical (unpaired) electrons. The van der Waals surface area contributed by atoms with Crippen molar-refractivity contribution in [3.63, 3.8) is 0 Å². The third-order valence-corrected chi connectivity index (χ3v) is 9.40. The van der Waals surface area contributed by atoms with Crippen LogP contribution in [0.4, 0.5) is 0 Å². The number of hydrogen-bond donors (Lipinski definition) is 0. The fourth-order valence-electron chi connectivity index (χ4n) is 7.37. The molecular formula is C46H30. The molecule has 0 aliphatic heterocycles. The van der Waals surface area contributed by atoms with Crippen molar-refractivity contribution < 1.29 is 0 Å². The van der Waals surface area contributed by atoms with E-state index in [0.29, 0.717) is 0 Å². The van der Waals surface area contributed by atoms with E-state index in [2.05, 4.69) is 182 Å². The quantitative estimate of drug-likeness (QED) is 0.143. The van der Waals surface area contributed by atoms with Crippen LogP contribution in [0.5, 0.6) is 0 Å². The van der Waals surface area contributed by atoms with Gasteiger partial charge in [0.15, 0.2) is 0 Å². The molecule has 0 N–H and O–H groups in total. The van der Waals surface area contributed by atoms with Gasteiger partial charge in [0.1, 0.15) is 0 Å². The lowest BCUT2D eigenvalue weighted by atomic mass is 9.84. The van der Waals surface area contributed by atoms with Crippen LogP contribution in [0.15, 0.2) is 182 Å². The van der Waals surface area contributed by atoms with Crippen molar-refractivity contribution in [3.8, 4) is 44.5 Å². The number of benzene rings is 9. The highest BCUT2D eigenvalue weighted by atomic mass is 14.2. The summed E-state index contributed by atoms with van der Waals surface area (Å²) in [7, 11) is 0. The first-order valence-corrected chi connectivity index (χ1v) is 15.9. The van der Waals surface area contributed by atoms with Crippen molar-refractivity contribution >= 4 is 43.1 Å². The maximum atomic E-state index is 2.42. The molecule has 0 nitrogen and oxygen atoms in total. The van der Waals surface area contributed by atoms with Crippen LogP contribution in [-0.4, -0.2) is 0 Å². The zero-order valence-electron chi connectivity index (χ0n) is 25.3. The summed E-state index contributed by atoms with van der Waals surface area (Å²) in [4.78, 5) is 0. The Hall–Kier alpha value is -5.98. The maximum absolute atomic E-state index is 2.42. The second-order valence-corrected chi connectivity index (χ2v) is 12.1. The van der Waals surface area contributed by atoms with E-state index in [9.17, 15) is 0 Å². The molecule has 0 bridgehead atoms. The molecule has 0 atom stereocenters. The summed E-state index contributed by atoms with van der Waals surface area (Å²) in [5.74, 6) is 0. The Bertz CT molecular complexity index is 2500. The molecule has 0 unspecified atom stereocenters. The van der Waals surface area contributed by atoms with Crippen molar-refractivity contribution in [2.75, 3.05) is 0 Å². The Morgan fingerprint density at radius 1 is 0.217 bits per heavy atom. The molecule has 0 heterocycles. The standard InChI is InChI=1S/C46H30/c1-3-15-31(16-4-1)34-27-35(44-30-33-19-7-8-20-37(33)38-21-9-10-22-39(38)44)29-36(28-34)46-42-25-13-11-23-40(42)45(32-17-5-2-6-18-32)41-24-12-14-26-43(41)46/h1-30H. The van der Waals surface area contributed by atoms with Gasteiger partial charge in [-0.3, -0.25) is 0 Å². The first-order chi connectivity index (χ1) is 22.8. The van der Waals surface area contributed by atoms with E-state index in [1.165, 1.54) is 87.6 Å². The number of hydrogen-bond acceptors (Lipinski definition) is 0. The highest BCUT2D eigenvalue weighted by molar-refractivity contribution is 6.22. The molecule has 0 aliphatic carbocycles. The average Bonchev–Trinajstić information content (AvgIpc) is 3.14. The Morgan fingerprint density at radius 2 is 0.630 bits per heavy atom. The lowest BCUT2D eigenvalue weighted by Gasteiger charge is -2.19. The highest BCUT2D eigenvalue weighted by Crippen LogP contribution is 2.46. The molecule has 214 valence electrons. The van der Waals surface area contributed by atoms with Crippen LogP contribution in [0.25, 0.3) is 87.6 Å². The molecule has 0 saturated heterocycles. The maximum Gasteiger partial charge on any atom is -0.00259 e. The van der Waals surface area contributed by atoms with E-state index in [1.807, 2.05) is 0 Å². The summed E-state index contributed by atoms with van der Waals surface area (Å²) in [6.45, 7) is 0. The Balaban J connectivity index is 1.41. The number of rotatable bonds is 4. The van der Waals surface area contributed by atoms with Crippen LogP contribution in [0.3, 0.4) is 0 Å². The van der Waals surface area contributed by atoms with Gasteiger partial charge in [0.25, 0.3) is 0 Å². The van der Waals surface area contributed by atoms with Crippen LogP contribution in [0, 0.1) is 0 Å². The van der Waals surface area contributed by atoms with Crippen LogP contribution >= 0.6 is 0 Å². The largest absolute Gasteiger partial charge is 0.0622 e. The predicted octanol–water partition coefficient (Wildman–Crippen LogP) is 13.0. The summed E-state index contributed by atoms with van der Waals surface area (Å²) in [5.41, 5.74) is 9.92. The molecule has 9 aromatic carbocycles. The fraction of sp³-hybridized carbons (Fsp3) is 0. The second kappa shape index (κ2) is 10.9. The van der Waals surface area contributed by atoms with Gasteiger partial charge in [-0.25, -0.2) is 0 Å². The Morgan fingerprint density at radius 3 is 1.24 bits per heavy atom. The predicted molar refractivity (Wildman–Crippen MR) is 198 cm³/mol. The third kappa shape index (κ3) is 4.30. The molecule has 9 aromatic rings. The van der Waals surface area contributed by atoms with Gasteiger partial charge >= 0.3 is 0 Å². The van der Waals surface area contributed by atoms with E-state index >= 15 is 0 Å². The Labute approximate surface area is 268 Å². The molecule has 0 fully saturated rings. The van der Waals surface area contributed by atoms with E-state index in [1.54, 1.807) is 0 Å². The average molecular weight is 583 g/mol. The second-order valence-electron chi connectivity index (χ2n) is 12.1. The van der Waals surface area contributed by atoms with Gasteiger partial charge in [-0.05, 0) is 112 Å². The van der Waals surface area contributed by atoms with Crippen molar-refractivity contribution in [3.05, 3.63) is 182 Å². The van der Waals surface area contributed by atoms with Crippen molar-refractivity contribution in [2.24, 2.45) is 0 Å². The molecule has 0 heteroatoms. The van der Waals surface area contributed by atoms with Crippen LogP contribution in [0.2, 0.25) is 0 Å². The molecular weight excluding hydrogens is 553 g/mol. The lowest BCUT2D eigenvalue weighted by molar-refractivity contribution is 1.60. The van der Waals surface area contributed by atoms with Gasteiger partial charge in [0.2, 0.25) is 0 Å². The summed E-state index contributed by atoms with van der Waals surface area (Å²) >= 11 is 0. The molecule has 0 aliphatic rings. The van der Waals surface area contributed by atoms with Gasteiger partial charge in [-0.1, -0.05) is 158 Å². The Kier molecular flexibility index (Phi) is 6.25. The SMILES string of the molecule is c1ccc(-c2cc(-c3c4ccccc4c(-c4ccccc4)c4ccccc34)cc(-c3cc4ccccc4c4ccccc34)c2)cc1. The topological polar surface area (TPSA) is 0 Å². The number of fused-ring (bicyclic) bond motifs is 5. The smallest absolute Gasteiger partial charge is 0.00259 e. The van der Waals surface area contributed by atoms with Crippen LogP contribution in [0.1, 0.15) is 0 Å². The summed E-state index contributed by atoms with van der Waals surface area (Å²) in [5, 5.41) is 10.2. The monoisotopic (exact) mass is 582 g/mol. The summed E-state index contributed by atoms with van der Waals surface area (Å²) in [6.07, 6.45) is 0.